The number of nitrogens with zero attached hydrogens (tertiary/aromatic N) is 5. The van der Waals surface area contributed by atoms with Crippen LogP contribution < -0.4 is 0 Å². The Morgan fingerprint density at radius 1 is 0.708 bits per heavy atom. The van der Waals surface area contributed by atoms with Crippen LogP contribution in [0.4, 0.5) is 0 Å². The first-order chi connectivity index (χ1) is 10.8. The van der Waals surface area contributed by atoms with Crippen molar-refractivity contribution in [2.24, 2.45) is 10.8 Å². The fraction of sp³-hybridized carbons (Fsp3) is 1.00. The Kier molecular flexibility index (Phi) is 6.96. The molecular weight excluding hydrogens is 356 g/mol. The van der Waals surface area contributed by atoms with E-state index in [2.05, 4.69) is 62.6 Å². The van der Waals surface area contributed by atoms with Crippen molar-refractivity contribution in [3.05, 3.63) is 16.0 Å². The third-order valence-corrected chi connectivity index (χ3v) is 12.4. The van der Waals surface area contributed by atoms with Gasteiger partial charge < -0.3 is 11.1 Å². The summed E-state index contributed by atoms with van der Waals surface area (Å²) < 4.78 is 5.81. The van der Waals surface area contributed by atoms with Crippen molar-refractivity contribution in [3.8, 4) is 0 Å². The molecule has 0 aromatic carbocycles. The summed E-state index contributed by atoms with van der Waals surface area (Å²) in [5, 5.41) is 0. The molecule has 2 aliphatic heterocycles. The van der Waals surface area contributed by atoms with Gasteiger partial charge in [0, 0.05) is 0 Å². The maximum Gasteiger partial charge on any atom is -0.255 e. The van der Waals surface area contributed by atoms with E-state index in [-0.39, 0.29) is 0 Å². The molecule has 0 radical (unpaired) electrons. The molecule has 0 saturated carbocycles. The first kappa shape index (κ1) is 21.9. The molecule has 2 heterocycles. The molecule has 0 aromatic heterocycles. The van der Waals surface area contributed by atoms with E-state index in [9.17, 15) is 0 Å². The van der Waals surface area contributed by atoms with E-state index in [1.807, 2.05) is 0 Å². The minimum Gasteiger partial charge on any atom is -0.373 e. The van der Waals surface area contributed by atoms with E-state index in [4.69, 9.17) is 11.1 Å². The van der Waals surface area contributed by atoms with Crippen molar-refractivity contribution in [1.29, 1.82) is 0 Å². The minimum atomic E-state index is -0.546. The average Bonchev–Trinajstić information content (AvgIpc) is 2.42. The molecule has 0 atom stereocenters. The van der Waals surface area contributed by atoms with Crippen molar-refractivity contribution in [1.82, 2.24) is 7.21 Å². The molecule has 24 heavy (non-hydrogen) atoms. The topological polar surface area (TPSA) is 65.2 Å². The van der Waals surface area contributed by atoms with E-state index in [1.165, 1.54) is 43.7 Å². The molecule has 2 fully saturated rings. The van der Waals surface area contributed by atoms with Crippen LogP contribution in [0.3, 0.4) is 0 Å². The maximum atomic E-state index is 6.75. The molecule has 5 nitrogen and oxygen atoms in total. The molecule has 2 rings (SSSR count). The smallest absolute Gasteiger partial charge is 0.255 e. The maximum absolute atomic E-state index is 6.75. The fourth-order valence-electron chi connectivity index (χ4n) is 3.90. The summed E-state index contributed by atoms with van der Waals surface area (Å²) >= 11 is -0.546. The van der Waals surface area contributed by atoms with E-state index in [0.717, 1.165) is 0 Å². The zero-order valence-corrected chi connectivity index (χ0v) is 19.5. The van der Waals surface area contributed by atoms with Gasteiger partial charge in [0.15, 0.2) is 0 Å². The van der Waals surface area contributed by atoms with Gasteiger partial charge in [-0.15, -0.1) is 0 Å². The summed E-state index contributed by atoms with van der Waals surface area (Å²) in [6.07, 6.45) is 5.52. The molecule has 2 saturated heterocycles. The van der Waals surface area contributed by atoms with Gasteiger partial charge in [0.2, 0.25) is 0 Å². The molecule has 0 unspecified atom stereocenters. The Morgan fingerprint density at radius 2 is 1.00 bits per heavy atom. The third kappa shape index (κ3) is 4.16. The molecule has 0 amide bonds. The number of hydrogen-bond donors (Lipinski definition) is 0. The molecule has 0 spiro atoms. The van der Waals surface area contributed by atoms with Crippen molar-refractivity contribution >= 4 is 17.9 Å². The Bertz CT molecular complexity index is 428. The van der Waals surface area contributed by atoms with Gasteiger partial charge >= 0.3 is 141 Å². The van der Waals surface area contributed by atoms with Crippen LogP contribution in [-0.2, 0) is 0 Å². The second-order valence-electron chi connectivity index (χ2n) is 9.68. The van der Waals surface area contributed by atoms with Crippen molar-refractivity contribution in [3.63, 3.8) is 0 Å². The largest absolute Gasteiger partial charge is 0.373 e. The molecule has 0 aromatic rings. The van der Waals surface area contributed by atoms with Gasteiger partial charge in [0.05, 0.1) is 0 Å². The summed E-state index contributed by atoms with van der Waals surface area (Å²) in [4.78, 5) is 1.50. The van der Waals surface area contributed by atoms with Crippen LogP contribution in [0, 0.1) is 10.8 Å². The number of rotatable bonds is 2. The zero-order chi connectivity index (χ0) is 18.8. The van der Waals surface area contributed by atoms with Crippen LogP contribution in [0.1, 0.15) is 81.1 Å². The Balaban J connectivity index is 0.000000891. The van der Waals surface area contributed by atoms with Crippen LogP contribution in [0.25, 0.3) is 16.0 Å². The zero-order valence-electron chi connectivity index (χ0n) is 17.1. The Labute approximate surface area is 157 Å². The van der Waals surface area contributed by atoms with Gasteiger partial charge in [-0.3, -0.25) is 4.91 Å². The normalized spacial score (nSPS) is 28.0. The predicted molar refractivity (Wildman–Crippen MR) is 103 cm³/mol. The average molecular weight is 392 g/mol. The summed E-state index contributed by atoms with van der Waals surface area (Å²) in [6.45, 7) is 22.5. The number of piperidine rings is 2. The molecule has 0 aliphatic carbocycles. The van der Waals surface area contributed by atoms with Gasteiger partial charge in [0.1, 0.15) is 0 Å². The van der Waals surface area contributed by atoms with Gasteiger partial charge in [-0.05, 0) is 0 Å². The Morgan fingerprint density at radius 3 is 1.29 bits per heavy atom. The van der Waals surface area contributed by atoms with Gasteiger partial charge in [0.25, 0.3) is 0 Å². The van der Waals surface area contributed by atoms with Gasteiger partial charge in [-0.25, -0.2) is 0 Å². The van der Waals surface area contributed by atoms with Crippen molar-refractivity contribution in [2.45, 2.75) is 92.2 Å². The standard InChI is InChI=1S/2C9H18N.Ga.N3/c2*1-8(2)6-5-7-10-9(8,3)4;;1-3-2/h2*5-7H2,1-4H3;;/q2*-1;+3;-1. The van der Waals surface area contributed by atoms with Crippen LogP contribution in [0.5, 0.6) is 0 Å². The van der Waals surface area contributed by atoms with E-state index < -0.39 is 17.9 Å². The summed E-state index contributed by atoms with van der Waals surface area (Å²) in [7, 11) is 0. The monoisotopic (exact) mass is 391 g/mol. The van der Waals surface area contributed by atoms with Crippen LogP contribution in [0.15, 0.2) is 0 Å². The van der Waals surface area contributed by atoms with Crippen LogP contribution >= 0.6 is 0 Å². The predicted octanol–water partition coefficient (Wildman–Crippen LogP) is 5.19. The van der Waals surface area contributed by atoms with E-state index >= 15 is 0 Å². The Hall–Kier alpha value is -0.134. The van der Waals surface area contributed by atoms with Crippen LogP contribution in [-0.4, -0.2) is 49.3 Å². The van der Waals surface area contributed by atoms with Crippen molar-refractivity contribution < 1.29 is 0 Å². The molecule has 2 aliphatic rings. The first-order valence-corrected chi connectivity index (χ1v) is 11.4. The SMILES string of the molecule is CC1(C)CCC[N]([Ga+][N]2CCCC(C)(C)C2(C)C)C1(C)C.[N-]=[N+]=[N-]. The first-order valence-electron chi connectivity index (χ1n) is 9.20. The molecule has 0 N–H and O–H groups in total. The van der Waals surface area contributed by atoms with E-state index in [1.54, 1.807) is 0 Å². The third-order valence-electron chi connectivity index (χ3n) is 7.43. The fourth-order valence-corrected chi connectivity index (χ4v) is 8.54. The second-order valence-corrected chi connectivity index (χ2v) is 12.8. The van der Waals surface area contributed by atoms with Crippen LogP contribution in [0.2, 0.25) is 0 Å². The minimum absolute atomic E-state index is 0.350. The molecule has 6 heteroatoms. The van der Waals surface area contributed by atoms with Gasteiger partial charge in [-0.2, -0.15) is 0 Å². The molecular formula is C18H36GaN5. The molecule has 0 bridgehead atoms. The van der Waals surface area contributed by atoms with Crippen molar-refractivity contribution in [2.75, 3.05) is 13.1 Å². The summed E-state index contributed by atoms with van der Waals surface area (Å²) in [5.74, 6) is 0. The van der Waals surface area contributed by atoms with Gasteiger partial charge in [-0.1, -0.05) is 0 Å². The summed E-state index contributed by atoms with van der Waals surface area (Å²) in [6, 6.07) is 0. The van der Waals surface area contributed by atoms with E-state index in [0.29, 0.717) is 21.9 Å². The number of hydrogen-bond acceptors (Lipinski definition) is 2. The quantitative estimate of drug-likeness (QED) is 0.281. The summed E-state index contributed by atoms with van der Waals surface area (Å²) in [5.41, 5.74) is 15.1. The molecule has 136 valence electrons. The second kappa shape index (κ2) is 7.63.